The van der Waals surface area contributed by atoms with E-state index in [0.29, 0.717) is 18.9 Å². The summed E-state index contributed by atoms with van der Waals surface area (Å²) >= 11 is 0. The van der Waals surface area contributed by atoms with Gasteiger partial charge in [-0.1, -0.05) is 31.8 Å². The molecule has 1 aromatic rings. The van der Waals surface area contributed by atoms with Crippen molar-refractivity contribution in [3.8, 4) is 0 Å². The van der Waals surface area contributed by atoms with E-state index in [-0.39, 0.29) is 18.1 Å². The number of carbonyl (C=O) groups excluding carboxylic acids is 1. The summed E-state index contributed by atoms with van der Waals surface area (Å²) in [6.07, 6.45) is 7.56. The second-order valence-corrected chi connectivity index (χ2v) is 6.79. The average Bonchev–Trinajstić information content (AvgIpc) is 3.14. The first-order valence-corrected chi connectivity index (χ1v) is 9.26. The third-order valence-electron chi connectivity index (χ3n) is 5.21. The summed E-state index contributed by atoms with van der Waals surface area (Å²) in [6.45, 7) is 5.10. The Hall–Kier alpha value is -1.95. The highest BCUT2D eigenvalue weighted by atomic mass is 16.6. The summed E-state index contributed by atoms with van der Waals surface area (Å²) in [6, 6.07) is 3.91. The number of pyridine rings is 1. The van der Waals surface area contributed by atoms with Crippen molar-refractivity contribution in [1.82, 2.24) is 10.3 Å². The van der Waals surface area contributed by atoms with Crippen LogP contribution in [0.5, 0.6) is 0 Å². The minimum Gasteiger partial charge on any atom is -0.382 e. The molecule has 136 valence electrons. The molecule has 1 aromatic heterocycles. The van der Waals surface area contributed by atoms with E-state index in [1.54, 1.807) is 12.4 Å². The Morgan fingerprint density at radius 2 is 2.08 bits per heavy atom. The van der Waals surface area contributed by atoms with Gasteiger partial charge in [0.15, 0.2) is 0 Å². The van der Waals surface area contributed by atoms with Crippen LogP contribution >= 0.6 is 0 Å². The molecule has 0 spiro atoms. The molecule has 1 amide bonds. The minimum absolute atomic E-state index is 0.0806. The number of rotatable bonds is 6. The molecule has 1 saturated heterocycles. The molecule has 3 heterocycles. The first kappa shape index (κ1) is 17.9. The average molecular weight is 345 g/mol. The molecule has 0 aliphatic carbocycles. The summed E-state index contributed by atoms with van der Waals surface area (Å²) in [7, 11) is 0. The van der Waals surface area contributed by atoms with Crippen LogP contribution in [0.4, 0.5) is 0 Å². The molecule has 3 unspecified atom stereocenters. The van der Waals surface area contributed by atoms with Gasteiger partial charge in [0.05, 0.1) is 11.8 Å². The second kappa shape index (κ2) is 8.43. The van der Waals surface area contributed by atoms with Crippen LogP contribution in [-0.2, 0) is 14.4 Å². The van der Waals surface area contributed by atoms with E-state index in [9.17, 15) is 4.79 Å². The third kappa shape index (κ3) is 4.37. The van der Waals surface area contributed by atoms with E-state index in [1.807, 2.05) is 12.1 Å². The molecule has 0 bridgehead atoms. The Bertz CT molecular complexity index is 601. The number of oxime groups is 1. The van der Waals surface area contributed by atoms with Gasteiger partial charge in [0.2, 0.25) is 6.10 Å². The normalized spacial score (nSPS) is 26.2. The summed E-state index contributed by atoms with van der Waals surface area (Å²) in [5.74, 6) is 0.479. The lowest BCUT2D eigenvalue weighted by atomic mass is 9.89. The van der Waals surface area contributed by atoms with Crippen LogP contribution in [0.25, 0.3) is 0 Å². The molecule has 0 saturated carbocycles. The fourth-order valence-corrected chi connectivity index (χ4v) is 3.63. The van der Waals surface area contributed by atoms with Crippen molar-refractivity contribution in [2.45, 2.75) is 64.2 Å². The van der Waals surface area contributed by atoms with Gasteiger partial charge in [-0.2, -0.15) is 0 Å². The molecule has 2 aliphatic heterocycles. The summed E-state index contributed by atoms with van der Waals surface area (Å²) in [5.41, 5.74) is 1.74. The maximum absolute atomic E-state index is 12.5. The summed E-state index contributed by atoms with van der Waals surface area (Å²) in [5, 5.41) is 7.21. The maximum Gasteiger partial charge on any atom is 0.264 e. The van der Waals surface area contributed by atoms with E-state index in [2.05, 4.69) is 29.3 Å². The van der Waals surface area contributed by atoms with Gasteiger partial charge in [0.25, 0.3) is 5.91 Å². The van der Waals surface area contributed by atoms with Gasteiger partial charge in [-0.05, 0) is 30.9 Å². The first-order chi connectivity index (χ1) is 12.2. The Morgan fingerprint density at radius 3 is 2.80 bits per heavy atom. The van der Waals surface area contributed by atoms with Gasteiger partial charge in [0, 0.05) is 37.0 Å². The van der Waals surface area contributed by atoms with Crippen LogP contribution < -0.4 is 5.32 Å². The number of aromatic nitrogens is 1. The molecule has 1 N–H and O–H groups in total. The Kier molecular flexibility index (Phi) is 6.02. The summed E-state index contributed by atoms with van der Waals surface area (Å²) < 4.78 is 5.92. The van der Waals surface area contributed by atoms with Gasteiger partial charge >= 0.3 is 0 Å². The number of carbonyl (C=O) groups is 1. The quantitative estimate of drug-likeness (QED) is 0.860. The van der Waals surface area contributed by atoms with Crippen molar-refractivity contribution in [1.29, 1.82) is 0 Å². The van der Waals surface area contributed by atoms with Crippen LogP contribution in [0.3, 0.4) is 0 Å². The van der Waals surface area contributed by atoms with Crippen molar-refractivity contribution in [2.24, 2.45) is 11.1 Å². The van der Waals surface area contributed by atoms with Gasteiger partial charge in [0.1, 0.15) is 0 Å². The molecule has 1 fully saturated rings. The highest BCUT2D eigenvalue weighted by molar-refractivity contribution is 6.03. The molecule has 0 aromatic carbocycles. The van der Waals surface area contributed by atoms with E-state index < -0.39 is 6.10 Å². The zero-order chi connectivity index (χ0) is 17.6. The van der Waals surface area contributed by atoms with E-state index in [1.165, 1.54) is 0 Å². The van der Waals surface area contributed by atoms with Crippen molar-refractivity contribution >= 4 is 11.6 Å². The predicted molar refractivity (Wildman–Crippen MR) is 95.2 cm³/mol. The monoisotopic (exact) mass is 345 g/mol. The molecule has 3 rings (SSSR count). The van der Waals surface area contributed by atoms with Gasteiger partial charge in [-0.3, -0.25) is 9.78 Å². The van der Waals surface area contributed by atoms with Crippen LogP contribution in [0.15, 0.2) is 29.7 Å². The van der Waals surface area contributed by atoms with Crippen molar-refractivity contribution in [3.63, 3.8) is 0 Å². The smallest absolute Gasteiger partial charge is 0.264 e. The molecule has 2 aliphatic rings. The SMILES string of the molecule is CCC(CC)C1CC(NC(=O)C2CC(c3ccncc3)=NO2)CCO1. The Labute approximate surface area is 149 Å². The zero-order valence-corrected chi connectivity index (χ0v) is 15.0. The fraction of sp³-hybridized carbons (Fsp3) is 0.632. The predicted octanol–water partition coefficient (Wildman–Crippen LogP) is 2.67. The number of ether oxygens (including phenoxy) is 1. The molecule has 6 nitrogen and oxygen atoms in total. The van der Waals surface area contributed by atoms with E-state index in [0.717, 1.165) is 37.0 Å². The topological polar surface area (TPSA) is 72.8 Å². The largest absolute Gasteiger partial charge is 0.382 e. The van der Waals surface area contributed by atoms with Crippen molar-refractivity contribution < 1.29 is 14.4 Å². The Morgan fingerprint density at radius 1 is 1.32 bits per heavy atom. The number of hydrogen-bond donors (Lipinski definition) is 1. The molecule has 3 atom stereocenters. The second-order valence-electron chi connectivity index (χ2n) is 6.79. The highest BCUT2D eigenvalue weighted by Crippen LogP contribution is 2.25. The number of nitrogens with zero attached hydrogens (tertiary/aromatic N) is 2. The fourth-order valence-electron chi connectivity index (χ4n) is 3.63. The van der Waals surface area contributed by atoms with E-state index >= 15 is 0 Å². The first-order valence-electron chi connectivity index (χ1n) is 9.26. The maximum atomic E-state index is 12.5. The minimum atomic E-state index is -0.544. The van der Waals surface area contributed by atoms with Crippen molar-refractivity contribution in [3.05, 3.63) is 30.1 Å². The van der Waals surface area contributed by atoms with Gasteiger partial charge < -0.3 is 14.9 Å². The standard InChI is InChI=1S/C19H27N3O3/c1-3-13(4-2)17-11-15(7-10-24-17)21-19(23)18-12-16(22-25-18)14-5-8-20-9-6-14/h5-6,8-9,13,15,17-18H,3-4,7,10-12H2,1-2H3,(H,21,23). The van der Waals surface area contributed by atoms with Crippen LogP contribution in [0.2, 0.25) is 0 Å². The lowest BCUT2D eigenvalue weighted by Gasteiger charge is -2.34. The third-order valence-corrected chi connectivity index (χ3v) is 5.21. The summed E-state index contributed by atoms with van der Waals surface area (Å²) in [4.78, 5) is 21.9. The molecule has 6 heteroatoms. The molecular formula is C19H27N3O3. The van der Waals surface area contributed by atoms with Crippen molar-refractivity contribution in [2.75, 3.05) is 6.61 Å². The zero-order valence-electron chi connectivity index (χ0n) is 15.0. The number of amides is 1. The molecular weight excluding hydrogens is 318 g/mol. The van der Waals surface area contributed by atoms with Crippen LogP contribution in [0.1, 0.15) is 51.5 Å². The number of hydrogen-bond acceptors (Lipinski definition) is 5. The number of nitrogens with one attached hydrogen (secondary N) is 1. The lowest BCUT2D eigenvalue weighted by Crippen LogP contribution is -2.47. The van der Waals surface area contributed by atoms with E-state index in [4.69, 9.17) is 9.57 Å². The van der Waals surface area contributed by atoms with Gasteiger partial charge in [-0.25, -0.2) is 0 Å². The lowest BCUT2D eigenvalue weighted by molar-refractivity contribution is -0.133. The van der Waals surface area contributed by atoms with Crippen LogP contribution in [0, 0.1) is 5.92 Å². The van der Waals surface area contributed by atoms with Gasteiger partial charge in [-0.15, -0.1) is 0 Å². The highest BCUT2D eigenvalue weighted by Gasteiger charge is 2.33. The molecule has 0 radical (unpaired) electrons. The Balaban J connectivity index is 1.51. The van der Waals surface area contributed by atoms with Crippen LogP contribution in [-0.4, -0.2) is 41.5 Å². The molecule has 25 heavy (non-hydrogen) atoms.